The van der Waals surface area contributed by atoms with Crippen LogP contribution in [0.5, 0.6) is 0 Å². The molecule has 0 aromatic rings. The van der Waals surface area contributed by atoms with Crippen molar-refractivity contribution >= 4 is 19.8 Å². The number of esters is 2. The number of phosphoric acid groups is 1. The maximum Gasteiger partial charge on any atom is 0.472 e. The molecule has 0 radical (unpaired) electrons. The third kappa shape index (κ3) is 57.2. The van der Waals surface area contributed by atoms with Gasteiger partial charge in [-0.3, -0.25) is 18.6 Å². The van der Waals surface area contributed by atoms with E-state index in [9.17, 15) is 19.0 Å². The highest BCUT2D eigenvalue weighted by Gasteiger charge is 2.26. The molecule has 0 saturated carbocycles. The summed E-state index contributed by atoms with van der Waals surface area (Å²) >= 11 is 0. The number of unbranched alkanes of at least 4 members (excludes halogenated alkanes) is 15. The summed E-state index contributed by atoms with van der Waals surface area (Å²) in [5.74, 6) is -0.872. The standard InChI is InChI=1S/C64H104NO8P/c1-3-5-7-9-11-13-15-17-19-21-22-23-24-25-26-27-28-29-30-31-32-33-34-35-36-37-38-39-40-41-43-45-47-49-51-53-55-57-64(67)73-62(61-72-74(68,69)71-59-58-65)60-70-63(66)56-54-52-50-48-46-44-42-20-18-16-14-12-10-8-6-4-2/h5,7,11,13-14,16-17,19-20,22-23,25-26,28-29,31-32,34-35,37-38,40-42,62H,3-4,6,8-10,12,15,18,21,24,27,30,33,36,39,43-61,65H2,1-2H3,(H,68,69)/b7-5-,13-11-,16-14-,19-17-,23-22-,26-25-,29-28-,32-31-,35-34-,38-37-,41-40-,42-20-. The fraction of sp³-hybridized carbons (Fsp3) is 0.594. The molecule has 74 heavy (non-hydrogen) atoms. The van der Waals surface area contributed by atoms with Crippen LogP contribution in [-0.4, -0.2) is 49.3 Å². The van der Waals surface area contributed by atoms with Crippen LogP contribution in [-0.2, 0) is 32.7 Å². The van der Waals surface area contributed by atoms with E-state index >= 15 is 0 Å². The zero-order valence-electron chi connectivity index (χ0n) is 46.5. The van der Waals surface area contributed by atoms with Gasteiger partial charge in [0.25, 0.3) is 0 Å². The first-order chi connectivity index (χ1) is 36.3. The Morgan fingerprint density at radius 2 is 0.743 bits per heavy atom. The molecule has 0 amide bonds. The van der Waals surface area contributed by atoms with Gasteiger partial charge in [-0.2, -0.15) is 0 Å². The van der Waals surface area contributed by atoms with Gasteiger partial charge in [0.2, 0.25) is 0 Å². The molecule has 0 aliphatic carbocycles. The first-order valence-electron chi connectivity index (χ1n) is 28.8. The van der Waals surface area contributed by atoms with Crippen LogP contribution >= 0.6 is 7.82 Å². The number of carbonyl (C=O) groups is 2. The van der Waals surface area contributed by atoms with Crippen LogP contribution in [0.15, 0.2) is 146 Å². The molecule has 0 fully saturated rings. The predicted octanol–water partition coefficient (Wildman–Crippen LogP) is 18.3. The average molecular weight is 1050 g/mol. The van der Waals surface area contributed by atoms with Crippen molar-refractivity contribution in [3.05, 3.63) is 146 Å². The minimum Gasteiger partial charge on any atom is -0.462 e. The van der Waals surface area contributed by atoms with Gasteiger partial charge in [-0.25, -0.2) is 4.57 Å². The third-order valence-electron chi connectivity index (χ3n) is 11.5. The van der Waals surface area contributed by atoms with Crippen LogP contribution < -0.4 is 5.73 Å². The van der Waals surface area contributed by atoms with E-state index in [0.29, 0.717) is 12.8 Å². The molecule has 0 rings (SSSR count). The molecule has 9 nitrogen and oxygen atoms in total. The molecule has 0 spiro atoms. The molecule has 418 valence electrons. The summed E-state index contributed by atoms with van der Waals surface area (Å²) in [5.41, 5.74) is 5.37. The fourth-order valence-corrected chi connectivity index (χ4v) is 7.99. The van der Waals surface area contributed by atoms with Crippen molar-refractivity contribution < 1.29 is 37.6 Å². The van der Waals surface area contributed by atoms with Crippen molar-refractivity contribution in [3.63, 3.8) is 0 Å². The Hall–Kier alpha value is -4.11. The summed E-state index contributed by atoms with van der Waals surface area (Å²) in [7, 11) is -4.40. The van der Waals surface area contributed by atoms with Gasteiger partial charge in [0.05, 0.1) is 13.2 Å². The maximum atomic E-state index is 12.7. The third-order valence-corrected chi connectivity index (χ3v) is 12.4. The van der Waals surface area contributed by atoms with Gasteiger partial charge in [0.1, 0.15) is 6.61 Å². The highest BCUT2D eigenvalue weighted by Crippen LogP contribution is 2.43. The summed E-state index contributed by atoms with van der Waals surface area (Å²) in [6, 6.07) is 0. The van der Waals surface area contributed by atoms with Crippen LogP contribution in [0.1, 0.15) is 213 Å². The van der Waals surface area contributed by atoms with E-state index in [1.54, 1.807) is 0 Å². The van der Waals surface area contributed by atoms with Crippen LogP contribution in [0, 0.1) is 0 Å². The van der Waals surface area contributed by atoms with Gasteiger partial charge in [0.15, 0.2) is 6.10 Å². The minimum atomic E-state index is -4.40. The number of allylic oxidation sites excluding steroid dienone is 24. The molecule has 0 heterocycles. The van der Waals surface area contributed by atoms with E-state index in [-0.39, 0.29) is 32.6 Å². The molecule has 2 unspecified atom stereocenters. The van der Waals surface area contributed by atoms with Crippen molar-refractivity contribution in [2.75, 3.05) is 26.4 Å². The van der Waals surface area contributed by atoms with E-state index in [4.69, 9.17) is 24.3 Å². The van der Waals surface area contributed by atoms with Gasteiger partial charge in [-0.15, -0.1) is 0 Å². The highest BCUT2D eigenvalue weighted by atomic mass is 31.2. The summed E-state index contributed by atoms with van der Waals surface area (Å²) < 4.78 is 32.9. The number of nitrogens with two attached hydrogens (primary N) is 1. The molecule has 0 bridgehead atoms. The molecule has 0 aromatic heterocycles. The van der Waals surface area contributed by atoms with Crippen molar-refractivity contribution in [2.45, 2.75) is 219 Å². The maximum absolute atomic E-state index is 12.7. The zero-order valence-corrected chi connectivity index (χ0v) is 47.4. The lowest BCUT2D eigenvalue weighted by Crippen LogP contribution is -2.29. The SMILES string of the molecule is CC/C=C\C/C=C\C/C=C\C/C=C\C/C=C\C/C=C\C/C=C\C/C=C\C/C=C\C/C=C\CCCCCCCCC(=O)OC(COC(=O)CCCCCCC/C=C\C/C=C\CCCCCC)COP(=O)(O)OCCN. The first kappa shape index (κ1) is 69.9. The Labute approximate surface area is 452 Å². The van der Waals surface area contributed by atoms with Crippen LogP contribution in [0.4, 0.5) is 0 Å². The van der Waals surface area contributed by atoms with E-state index in [2.05, 4.69) is 160 Å². The van der Waals surface area contributed by atoms with Gasteiger partial charge in [0, 0.05) is 19.4 Å². The number of carbonyl (C=O) groups excluding carboxylic acids is 2. The van der Waals surface area contributed by atoms with E-state index in [1.807, 2.05) is 0 Å². The Morgan fingerprint density at radius 1 is 0.419 bits per heavy atom. The number of rotatable bonds is 52. The van der Waals surface area contributed by atoms with Gasteiger partial charge < -0.3 is 20.1 Å². The van der Waals surface area contributed by atoms with Gasteiger partial charge in [-0.1, -0.05) is 224 Å². The minimum absolute atomic E-state index is 0.0410. The lowest BCUT2D eigenvalue weighted by atomic mass is 10.1. The van der Waals surface area contributed by atoms with Crippen LogP contribution in [0.25, 0.3) is 0 Å². The van der Waals surface area contributed by atoms with Crippen LogP contribution in [0.3, 0.4) is 0 Å². The molecule has 0 saturated heterocycles. The molecular formula is C64H104NO8P. The molecule has 2 atom stereocenters. The zero-order chi connectivity index (χ0) is 53.8. The monoisotopic (exact) mass is 1050 g/mol. The first-order valence-corrected chi connectivity index (χ1v) is 30.3. The molecule has 0 aromatic carbocycles. The summed E-state index contributed by atoms with van der Waals surface area (Å²) in [4.78, 5) is 35.1. The molecule has 0 aliphatic heterocycles. The lowest BCUT2D eigenvalue weighted by molar-refractivity contribution is -0.161. The van der Waals surface area contributed by atoms with E-state index < -0.39 is 32.5 Å². The van der Waals surface area contributed by atoms with Crippen LogP contribution in [0.2, 0.25) is 0 Å². The van der Waals surface area contributed by atoms with Crippen molar-refractivity contribution in [1.29, 1.82) is 0 Å². The molecular weight excluding hydrogens is 942 g/mol. The summed E-state index contributed by atoms with van der Waals surface area (Å²) in [6.07, 6.45) is 83.3. The van der Waals surface area contributed by atoms with Crippen molar-refractivity contribution in [3.8, 4) is 0 Å². The Kier molecular flexibility index (Phi) is 54.9. The van der Waals surface area contributed by atoms with Crippen molar-refractivity contribution in [1.82, 2.24) is 0 Å². The van der Waals surface area contributed by atoms with E-state index in [1.165, 1.54) is 32.1 Å². The molecule has 3 N–H and O–H groups in total. The smallest absolute Gasteiger partial charge is 0.462 e. The second kappa shape index (κ2) is 58.2. The Morgan fingerprint density at radius 3 is 1.11 bits per heavy atom. The highest BCUT2D eigenvalue weighted by molar-refractivity contribution is 7.47. The summed E-state index contributed by atoms with van der Waals surface area (Å²) in [6.45, 7) is 3.55. The normalized spacial score (nSPS) is 14.2. The van der Waals surface area contributed by atoms with E-state index in [0.717, 1.165) is 141 Å². The Balaban J connectivity index is 4.07. The fourth-order valence-electron chi connectivity index (χ4n) is 7.22. The number of hydrogen-bond acceptors (Lipinski definition) is 8. The topological polar surface area (TPSA) is 134 Å². The average Bonchev–Trinajstić information content (AvgIpc) is 3.39. The van der Waals surface area contributed by atoms with Gasteiger partial charge >= 0.3 is 19.8 Å². The Bertz CT molecular complexity index is 1710. The lowest BCUT2D eigenvalue weighted by Gasteiger charge is -2.19. The number of ether oxygens (including phenoxy) is 2. The quantitative estimate of drug-likeness (QED) is 0.0264. The number of phosphoric ester groups is 1. The second-order valence-electron chi connectivity index (χ2n) is 18.4. The van der Waals surface area contributed by atoms with Crippen molar-refractivity contribution in [2.24, 2.45) is 5.73 Å². The van der Waals surface area contributed by atoms with Gasteiger partial charge in [-0.05, 0) is 122 Å². The molecule has 0 aliphatic rings. The number of hydrogen-bond donors (Lipinski definition) is 2. The second-order valence-corrected chi connectivity index (χ2v) is 19.9. The molecule has 10 heteroatoms. The summed E-state index contributed by atoms with van der Waals surface area (Å²) in [5, 5.41) is 0. The predicted molar refractivity (Wildman–Crippen MR) is 316 cm³/mol. The largest absolute Gasteiger partial charge is 0.472 e.